The van der Waals surface area contributed by atoms with Gasteiger partial charge in [-0.25, -0.2) is 0 Å². The van der Waals surface area contributed by atoms with Gasteiger partial charge in [-0.15, -0.1) is 11.8 Å². The molecule has 0 amide bonds. The molecule has 0 spiro atoms. The highest BCUT2D eigenvalue weighted by Gasteiger charge is 2.36. The van der Waals surface area contributed by atoms with Crippen molar-refractivity contribution in [2.75, 3.05) is 27.1 Å². The third-order valence-corrected chi connectivity index (χ3v) is 6.52. The molecule has 1 aromatic carbocycles. The Kier molecular flexibility index (Phi) is 8.09. The number of hydrogen-bond acceptors (Lipinski definition) is 4. The van der Waals surface area contributed by atoms with Crippen LogP contribution in [0.3, 0.4) is 0 Å². The third kappa shape index (κ3) is 5.93. The Balaban J connectivity index is 2.22. The molecule has 0 saturated carbocycles. The molecule has 0 aliphatic carbocycles. The van der Waals surface area contributed by atoms with Gasteiger partial charge in [0.05, 0.1) is 0 Å². The van der Waals surface area contributed by atoms with Crippen molar-refractivity contribution in [3.63, 3.8) is 0 Å². The van der Waals surface area contributed by atoms with Gasteiger partial charge in [-0.3, -0.25) is 0 Å². The second-order valence-electron chi connectivity index (χ2n) is 3.98. The first kappa shape index (κ1) is 16.5. The molecule has 0 fully saturated rings. The lowest BCUT2D eigenvalue weighted by molar-refractivity contribution is 0.123. The zero-order chi connectivity index (χ0) is 14.0. The van der Waals surface area contributed by atoms with Gasteiger partial charge in [0.25, 0.3) is 0 Å². The van der Waals surface area contributed by atoms with Crippen LogP contribution in [-0.2, 0) is 13.3 Å². The molecule has 0 aliphatic heterocycles. The highest BCUT2D eigenvalue weighted by Crippen LogP contribution is 2.18. The maximum atomic E-state index is 5.38. The van der Waals surface area contributed by atoms with E-state index < -0.39 is 8.80 Å². The van der Waals surface area contributed by atoms with Crippen LogP contribution in [0.1, 0.15) is 12.0 Å². The fourth-order valence-electron chi connectivity index (χ4n) is 1.69. The van der Waals surface area contributed by atoms with Gasteiger partial charge in [0.2, 0.25) is 0 Å². The van der Waals surface area contributed by atoms with Crippen molar-refractivity contribution in [3.05, 3.63) is 41.3 Å². The van der Waals surface area contributed by atoms with Crippen molar-refractivity contribution in [2.45, 2.75) is 12.5 Å². The summed E-state index contributed by atoms with van der Waals surface area (Å²) in [6.07, 6.45) is 3.14. The van der Waals surface area contributed by atoms with Crippen molar-refractivity contribution >= 4 is 26.6 Å². The zero-order valence-electron chi connectivity index (χ0n) is 11.8. The lowest BCUT2D eigenvalue weighted by atomic mass is 10.2. The summed E-state index contributed by atoms with van der Waals surface area (Å²) in [5, 5.41) is 2.13. The Labute approximate surface area is 121 Å². The standard InChI is InChI=1S/C14H22O3SSi/c1-15-19(16-2,17-3)13-7-11-18-12-10-14-8-5-4-6-9-14/h4-6,8-10,12H,7,11,13H2,1-3H3. The second kappa shape index (κ2) is 9.33. The largest absolute Gasteiger partial charge is 0.500 e. The number of thioether (sulfide) groups is 1. The predicted octanol–water partition coefficient (Wildman–Crippen LogP) is 3.66. The monoisotopic (exact) mass is 298 g/mol. The summed E-state index contributed by atoms with van der Waals surface area (Å²) in [4.78, 5) is 0. The fourth-order valence-corrected chi connectivity index (χ4v) is 4.37. The van der Waals surface area contributed by atoms with Crippen molar-refractivity contribution in [1.82, 2.24) is 0 Å². The first-order chi connectivity index (χ1) is 9.26. The SMILES string of the molecule is CO[Si](CCCSC=Cc1ccccc1)(OC)OC. The van der Waals surface area contributed by atoms with Crippen LogP contribution in [0.4, 0.5) is 0 Å². The Hall–Kier alpha value is -0.593. The summed E-state index contributed by atoms with van der Waals surface area (Å²) in [7, 11) is 2.58. The van der Waals surface area contributed by atoms with Crippen LogP contribution in [0.15, 0.2) is 35.7 Å². The van der Waals surface area contributed by atoms with Gasteiger partial charge in [-0.1, -0.05) is 30.3 Å². The molecule has 0 bridgehead atoms. The molecule has 0 N–H and O–H groups in total. The van der Waals surface area contributed by atoms with E-state index in [9.17, 15) is 0 Å². The minimum absolute atomic E-state index is 0.850. The van der Waals surface area contributed by atoms with Crippen LogP contribution in [0.25, 0.3) is 6.08 Å². The van der Waals surface area contributed by atoms with E-state index in [4.69, 9.17) is 13.3 Å². The lowest BCUT2D eigenvalue weighted by Gasteiger charge is -2.23. The van der Waals surface area contributed by atoms with Crippen LogP contribution in [-0.4, -0.2) is 35.9 Å². The van der Waals surface area contributed by atoms with Gasteiger partial charge >= 0.3 is 8.80 Å². The van der Waals surface area contributed by atoms with E-state index in [0.29, 0.717) is 0 Å². The molecule has 0 aliphatic rings. The molecule has 19 heavy (non-hydrogen) atoms. The van der Waals surface area contributed by atoms with Crippen molar-refractivity contribution in [3.8, 4) is 0 Å². The predicted molar refractivity (Wildman–Crippen MR) is 84.1 cm³/mol. The third-order valence-electron chi connectivity index (χ3n) is 2.83. The molecule has 1 aromatic rings. The molecule has 3 nitrogen and oxygen atoms in total. The van der Waals surface area contributed by atoms with E-state index >= 15 is 0 Å². The van der Waals surface area contributed by atoms with Gasteiger partial charge in [-0.05, 0) is 29.2 Å². The van der Waals surface area contributed by atoms with Gasteiger partial charge in [0.1, 0.15) is 0 Å². The van der Waals surface area contributed by atoms with Crippen LogP contribution in [0.2, 0.25) is 6.04 Å². The van der Waals surface area contributed by atoms with E-state index in [1.54, 1.807) is 33.1 Å². The number of rotatable bonds is 9. The van der Waals surface area contributed by atoms with E-state index in [2.05, 4.69) is 23.6 Å². The van der Waals surface area contributed by atoms with Gasteiger partial charge in [-0.2, -0.15) is 0 Å². The van der Waals surface area contributed by atoms with Crippen LogP contribution < -0.4 is 0 Å². The summed E-state index contributed by atoms with van der Waals surface area (Å²) >= 11 is 1.80. The minimum Gasteiger partial charge on any atom is -0.377 e. The zero-order valence-corrected chi connectivity index (χ0v) is 13.6. The molecule has 1 rings (SSSR count). The van der Waals surface area contributed by atoms with Crippen molar-refractivity contribution in [1.29, 1.82) is 0 Å². The summed E-state index contributed by atoms with van der Waals surface area (Å²) in [6, 6.07) is 11.1. The Morgan fingerprint density at radius 2 is 1.68 bits per heavy atom. The van der Waals surface area contributed by atoms with E-state index in [1.165, 1.54) is 5.56 Å². The molecule has 0 saturated heterocycles. The van der Waals surface area contributed by atoms with E-state index in [-0.39, 0.29) is 0 Å². The second-order valence-corrected chi connectivity index (χ2v) is 8.09. The smallest absolute Gasteiger partial charge is 0.377 e. The van der Waals surface area contributed by atoms with Gasteiger partial charge < -0.3 is 13.3 Å². The molecule has 0 radical (unpaired) electrons. The number of benzene rings is 1. The minimum atomic E-state index is -2.38. The Bertz CT molecular complexity index is 358. The molecule has 106 valence electrons. The molecular weight excluding hydrogens is 276 g/mol. The average Bonchev–Trinajstić information content (AvgIpc) is 2.48. The normalized spacial score (nSPS) is 12.2. The van der Waals surface area contributed by atoms with Crippen LogP contribution >= 0.6 is 11.8 Å². The first-order valence-corrected chi connectivity index (χ1v) is 9.23. The Morgan fingerprint density at radius 3 is 2.26 bits per heavy atom. The maximum absolute atomic E-state index is 5.38. The molecule has 0 unspecified atom stereocenters. The summed E-state index contributed by atoms with van der Waals surface area (Å²) in [5.74, 6) is 1.04. The summed E-state index contributed by atoms with van der Waals surface area (Å²) in [6.45, 7) is 0. The van der Waals surface area contributed by atoms with E-state index in [0.717, 1.165) is 18.2 Å². The summed E-state index contributed by atoms with van der Waals surface area (Å²) in [5.41, 5.74) is 1.23. The molecular formula is C14H22O3SSi. The topological polar surface area (TPSA) is 27.7 Å². The quantitative estimate of drug-likeness (QED) is 0.514. The van der Waals surface area contributed by atoms with Crippen molar-refractivity contribution < 1.29 is 13.3 Å². The number of hydrogen-bond donors (Lipinski definition) is 0. The molecule has 0 heterocycles. The summed E-state index contributed by atoms with van der Waals surface area (Å²) < 4.78 is 16.1. The van der Waals surface area contributed by atoms with Crippen LogP contribution in [0, 0.1) is 0 Å². The molecule has 0 atom stereocenters. The lowest BCUT2D eigenvalue weighted by Crippen LogP contribution is -2.42. The average molecular weight is 298 g/mol. The highest BCUT2D eigenvalue weighted by molar-refractivity contribution is 8.02. The highest BCUT2D eigenvalue weighted by atomic mass is 32.2. The van der Waals surface area contributed by atoms with Crippen LogP contribution in [0.5, 0.6) is 0 Å². The first-order valence-electron chi connectivity index (χ1n) is 6.25. The Morgan fingerprint density at radius 1 is 1.05 bits per heavy atom. The fraction of sp³-hybridized carbons (Fsp3) is 0.429. The maximum Gasteiger partial charge on any atom is 0.500 e. The van der Waals surface area contributed by atoms with Gasteiger partial charge in [0.15, 0.2) is 0 Å². The molecule has 5 heteroatoms. The van der Waals surface area contributed by atoms with Crippen molar-refractivity contribution in [2.24, 2.45) is 0 Å². The van der Waals surface area contributed by atoms with E-state index in [1.807, 2.05) is 18.2 Å². The molecule has 0 aromatic heterocycles. The van der Waals surface area contributed by atoms with Gasteiger partial charge in [0, 0.05) is 27.4 Å².